The molecule has 18 heavy (non-hydrogen) atoms. The second-order valence-electron chi connectivity index (χ2n) is 5.13. The van der Waals surface area contributed by atoms with Gasteiger partial charge in [0.15, 0.2) is 0 Å². The van der Waals surface area contributed by atoms with Crippen molar-refractivity contribution >= 4 is 5.97 Å². The highest BCUT2D eigenvalue weighted by molar-refractivity contribution is 5.85. The Morgan fingerprint density at radius 3 is 2.44 bits per heavy atom. The molecule has 1 aromatic rings. The predicted molar refractivity (Wildman–Crippen MR) is 74.6 cm³/mol. The third-order valence-electron chi connectivity index (χ3n) is 3.54. The summed E-state index contributed by atoms with van der Waals surface area (Å²) in [5, 5.41) is 8.96. The van der Waals surface area contributed by atoms with Gasteiger partial charge >= 0.3 is 5.97 Å². The van der Waals surface area contributed by atoms with Gasteiger partial charge < -0.3 is 5.11 Å². The number of carbonyl (C=O) groups is 1. The lowest BCUT2D eigenvalue weighted by Crippen LogP contribution is -2.15. The Bertz CT molecular complexity index is 420. The largest absolute Gasteiger partial charge is 0.478 e. The molecule has 0 aliphatic rings. The van der Waals surface area contributed by atoms with E-state index >= 15 is 0 Å². The van der Waals surface area contributed by atoms with E-state index in [0.29, 0.717) is 5.57 Å². The molecule has 0 aromatic heterocycles. The van der Waals surface area contributed by atoms with Crippen molar-refractivity contribution in [3.8, 4) is 0 Å². The van der Waals surface area contributed by atoms with Gasteiger partial charge in [-0.3, -0.25) is 0 Å². The number of aryl methyl sites for hydroxylation is 1. The Kier molecular flexibility index (Phi) is 5.14. The van der Waals surface area contributed by atoms with Crippen LogP contribution in [0.1, 0.15) is 39.2 Å². The summed E-state index contributed by atoms with van der Waals surface area (Å²) in [7, 11) is 0. The molecule has 98 valence electrons. The molecule has 0 aliphatic carbocycles. The van der Waals surface area contributed by atoms with Crippen molar-refractivity contribution in [2.75, 3.05) is 0 Å². The fourth-order valence-corrected chi connectivity index (χ4v) is 2.01. The Labute approximate surface area is 109 Å². The summed E-state index contributed by atoms with van der Waals surface area (Å²) in [6, 6.07) is 10.3. The molecule has 0 saturated heterocycles. The van der Waals surface area contributed by atoms with Crippen LogP contribution < -0.4 is 0 Å². The third kappa shape index (κ3) is 4.36. The van der Waals surface area contributed by atoms with E-state index in [9.17, 15) is 4.79 Å². The van der Waals surface area contributed by atoms with E-state index in [1.807, 2.05) is 24.3 Å². The van der Waals surface area contributed by atoms with Gasteiger partial charge in [-0.1, -0.05) is 50.3 Å². The first-order chi connectivity index (χ1) is 8.47. The van der Waals surface area contributed by atoms with Crippen molar-refractivity contribution in [3.05, 3.63) is 47.5 Å². The average molecular weight is 246 g/mol. The van der Waals surface area contributed by atoms with Crippen LogP contribution >= 0.6 is 0 Å². The Balaban J connectivity index is 2.72. The zero-order chi connectivity index (χ0) is 13.6. The molecular weight excluding hydrogens is 224 g/mol. The first-order valence-electron chi connectivity index (χ1n) is 6.43. The molecule has 0 aliphatic heterocycles. The van der Waals surface area contributed by atoms with Crippen molar-refractivity contribution in [1.82, 2.24) is 0 Å². The maximum Gasteiger partial charge on any atom is 0.330 e. The fraction of sp³-hybridized carbons (Fsp3) is 0.438. The van der Waals surface area contributed by atoms with E-state index in [-0.39, 0.29) is 5.41 Å². The van der Waals surface area contributed by atoms with Crippen LogP contribution in [0.2, 0.25) is 0 Å². The van der Waals surface area contributed by atoms with Gasteiger partial charge in [-0.25, -0.2) is 4.79 Å². The number of benzene rings is 1. The van der Waals surface area contributed by atoms with Gasteiger partial charge in [0.25, 0.3) is 0 Å². The molecule has 0 radical (unpaired) electrons. The van der Waals surface area contributed by atoms with Gasteiger partial charge in [-0.05, 0) is 37.2 Å². The van der Waals surface area contributed by atoms with Crippen LogP contribution in [-0.2, 0) is 11.2 Å². The lowest BCUT2D eigenvalue weighted by molar-refractivity contribution is -0.132. The molecule has 1 rings (SSSR count). The lowest BCUT2D eigenvalue weighted by atomic mass is 9.80. The van der Waals surface area contributed by atoms with Crippen molar-refractivity contribution in [2.24, 2.45) is 5.41 Å². The first-order valence-corrected chi connectivity index (χ1v) is 6.43. The summed E-state index contributed by atoms with van der Waals surface area (Å²) in [4.78, 5) is 10.9. The summed E-state index contributed by atoms with van der Waals surface area (Å²) in [6.45, 7) is 5.90. The summed E-state index contributed by atoms with van der Waals surface area (Å²) in [5.41, 5.74) is 1.70. The zero-order valence-electron chi connectivity index (χ0n) is 11.4. The van der Waals surface area contributed by atoms with Crippen molar-refractivity contribution < 1.29 is 9.90 Å². The molecule has 0 heterocycles. The van der Waals surface area contributed by atoms with Crippen molar-refractivity contribution in [1.29, 1.82) is 0 Å². The highest BCUT2D eigenvalue weighted by Gasteiger charge is 2.20. The highest BCUT2D eigenvalue weighted by atomic mass is 16.4. The number of allylic oxidation sites excluding steroid dienone is 1. The number of aliphatic carboxylic acids is 1. The maximum atomic E-state index is 10.9. The summed E-state index contributed by atoms with van der Waals surface area (Å²) in [6.07, 6.45) is 4.80. The van der Waals surface area contributed by atoms with E-state index in [0.717, 1.165) is 19.3 Å². The summed E-state index contributed by atoms with van der Waals surface area (Å²) >= 11 is 0. The smallest absolute Gasteiger partial charge is 0.330 e. The number of carboxylic acids is 1. The molecule has 0 fully saturated rings. The standard InChI is InChI=1S/C16H22O2/c1-4-16(3,12-13(2)15(17)18)11-10-14-8-6-5-7-9-14/h5-9,12H,4,10-11H2,1-3H3,(H,17,18). The summed E-state index contributed by atoms with van der Waals surface area (Å²) in [5.74, 6) is -0.825. The Hall–Kier alpha value is -1.57. The van der Waals surface area contributed by atoms with E-state index in [4.69, 9.17) is 5.11 Å². The Morgan fingerprint density at radius 1 is 1.33 bits per heavy atom. The molecular formula is C16H22O2. The van der Waals surface area contributed by atoms with Crippen LogP contribution in [0.25, 0.3) is 0 Å². The van der Waals surface area contributed by atoms with Gasteiger partial charge in [0, 0.05) is 5.57 Å². The average Bonchev–Trinajstić information content (AvgIpc) is 2.37. The van der Waals surface area contributed by atoms with Crippen LogP contribution in [0, 0.1) is 5.41 Å². The molecule has 2 heteroatoms. The quantitative estimate of drug-likeness (QED) is 0.768. The second kappa shape index (κ2) is 6.39. The molecule has 0 bridgehead atoms. The molecule has 2 nitrogen and oxygen atoms in total. The molecule has 0 saturated carbocycles. The second-order valence-corrected chi connectivity index (χ2v) is 5.13. The first kappa shape index (κ1) is 14.5. The van der Waals surface area contributed by atoms with E-state index in [2.05, 4.69) is 26.0 Å². The molecule has 1 atom stereocenters. The van der Waals surface area contributed by atoms with Crippen LogP contribution in [0.3, 0.4) is 0 Å². The molecule has 1 N–H and O–H groups in total. The SMILES string of the molecule is CCC(C)(C=C(C)C(=O)O)CCc1ccccc1. The maximum absolute atomic E-state index is 10.9. The van der Waals surface area contributed by atoms with E-state index in [1.165, 1.54) is 5.56 Å². The number of rotatable bonds is 6. The monoisotopic (exact) mass is 246 g/mol. The number of hydrogen-bond donors (Lipinski definition) is 1. The van der Waals surface area contributed by atoms with Gasteiger partial charge in [0.1, 0.15) is 0 Å². The highest BCUT2D eigenvalue weighted by Crippen LogP contribution is 2.30. The molecule has 1 aromatic carbocycles. The normalized spacial score (nSPS) is 15.2. The summed E-state index contributed by atoms with van der Waals surface area (Å²) < 4.78 is 0. The third-order valence-corrected chi connectivity index (χ3v) is 3.54. The van der Waals surface area contributed by atoms with Gasteiger partial charge in [0.05, 0.1) is 0 Å². The number of hydrogen-bond acceptors (Lipinski definition) is 1. The molecule has 0 spiro atoms. The van der Waals surface area contributed by atoms with Crippen molar-refractivity contribution in [2.45, 2.75) is 40.0 Å². The fourth-order valence-electron chi connectivity index (χ4n) is 2.01. The lowest BCUT2D eigenvalue weighted by Gasteiger charge is -2.25. The predicted octanol–water partition coefficient (Wildman–Crippen LogP) is 4.07. The van der Waals surface area contributed by atoms with Gasteiger partial charge in [-0.2, -0.15) is 0 Å². The minimum absolute atomic E-state index is 0.0433. The topological polar surface area (TPSA) is 37.3 Å². The van der Waals surface area contributed by atoms with E-state index < -0.39 is 5.97 Å². The van der Waals surface area contributed by atoms with Gasteiger partial charge in [-0.15, -0.1) is 0 Å². The van der Waals surface area contributed by atoms with Crippen LogP contribution in [0.15, 0.2) is 42.0 Å². The molecule has 0 amide bonds. The van der Waals surface area contributed by atoms with E-state index in [1.54, 1.807) is 6.92 Å². The van der Waals surface area contributed by atoms with Gasteiger partial charge in [0.2, 0.25) is 0 Å². The Morgan fingerprint density at radius 2 is 1.94 bits per heavy atom. The number of carboxylic acid groups (broad SMARTS) is 1. The van der Waals surface area contributed by atoms with Crippen LogP contribution in [0.5, 0.6) is 0 Å². The van der Waals surface area contributed by atoms with Crippen molar-refractivity contribution in [3.63, 3.8) is 0 Å². The van der Waals surface area contributed by atoms with Crippen LogP contribution in [-0.4, -0.2) is 11.1 Å². The minimum Gasteiger partial charge on any atom is -0.478 e. The minimum atomic E-state index is -0.825. The van der Waals surface area contributed by atoms with Crippen LogP contribution in [0.4, 0.5) is 0 Å². The zero-order valence-corrected chi connectivity index (χ0v) is 11.4. The molecule has 1 unspecified atom stereocenters.